The van der Waals surface area contributed by atoms with Crippen molar-refractivity contribution in [1.29, 1.82) is 0 Å². The topological polar surface area (TPSA) is 45.5 Å². The summed E-state index contributed by atoms with van der Waals surface area (Å²) >= 11 is 0. The molecule has 0 saturated carbocycles. The first-order chi connectivity index (χ1) is 15.2. The van der Waals surface area contributed by atoms with Crippen LogP contribution < -0.4 is 0 Å². The van der Waals surface area contributed by atoms with E-state index in [1.807, 2.05) is 36.4 Å². The number of piperidine rings is 1. The first-order valence-electron chi connectivity index (χ1n) is 10.9. The van der Waals surface area contributed by atoms with Gasteiger partial charge in [0.2, 0.25) is 0 Å². The van der Waals surface area contributed by atoms with Crippen LogP contribution in [0.1, 0.15) is 41.5 Å². The molecule has 4 heteroatoms. The number of nitrogens with zero attached hydrogens (tertiary/aromatic N) is 2. The van der Waals surface area contributed by atoms with Gasteiger partial charge in [-0.05, 0) is 67.2 Å². The van der Waals surface area contributed by atoms with Crippen molar-refractivity contribution >= 4 is 5.97 Å². The largest absolute Gasteiger partial charge is 0.480 e. The van der Waals surface area contributed by atoms with Crippen molar-refractivity contribution in [2.45, 2.75) is 31.2 Å². The molecular formula is C27H28N2O2. The van der Waals surface area contributed by atoms with Gasteiger partial charge < -0.3 is 9.67 Å². The first kappa shape index (κ1) is 21.0. The Kier molecular flexibility index (Phi) is 6.86. The van der Waals surface area contributed by atoms with E-state index in [0.717, 1.165) is 30.8 Å². The third-order valence-corrected chi connectivity index (χ3v) is 6.05. The average Bonchev–Trinajstić information content (AvgIpc) is 3.34. The molecule has 0 amide bonds. The highest BCUT2D eigenvalue weighted by Crippen LogP contribution is 2.27. The summed E-state index contributed by atoms with van der Waals surface area (Å²) in [5, 5.41) is 9.53. The van der Waals surface area contributed by atoms with Crippen LogP contribution in [-0.4, -0.2) is 40.2 Å². The van der Waals surface area contributed by atoms with Gasteiger partial charge in [-0.2, -0.15) is 0 Å². The van der Waals surface area contributed by atoms with E-state index >= 15 is 0 Å². The van der Waals surface area contributed by atoms with Crippen LogP contribution in [0.25, 0.3) is 0 Å². The number of likely N-dealkylation sites (tertiary alicyclic amines) is 1. The highest BCUT2D eigenvalue weighted by atomic mass is 16.4. The molecule has 1 atom stereocenters. The molecule has 4 nitrogen and oxygen atoms in total. The highest BCUT2D eigenvalue weighted by Gasteiger charge is 2.20. The Morgan fingerprint density at radius 3 is 2.29 bits per heavy atom. The summed E-state index contributed by atoms with van der Waals surface area (Å²) < 4.78 is 1.73. The lowest BCUT2D eigenvalue weighted by atomic mass is 9.89. The normalized spacial score (nSPS) is 15.7. The van der Waals surface area contributed by atoms with Crippen molar-refractivity contribution in [3.05, 3.63) is 95.8 Å². The third-order valence-electron chi connectivity index (χ3n) is 6.05. The van der Waals surface area contributed by atoms with Gasteiger partial charge in [-0.1, -0.05) is 54.3 Å². The van der Waals surface area contributed by atoms with E-state index in [9.17, 15) is 9.90 Å². The van der Waals surface area contributed by atoms with E-state index in [2.05, 4.69) is 47.1 Å². The molecule has 1 aliphatic rings. The van der Waals surface area contributed by atoms with Crippen LogP contribution in [0.2, 0.25) is 0 Å². The second-order valence-electron chi connectivity index (χ2n) is 8.15. The predicted octanol–water partition coefficient (Wildman–Crippen LogP) is 4.59. The van der Waals surface area contributed by atoms with E-state index in [0.29, 0.717) is 12.3 Å². The maximum absolute atomic E-state index is 11.6. The number of hydrogen-bond acceptors (Lipinski definition) is 2. The molecular weight excluding hydrogens is 384 g/mol. The van der Waals surface area contributed by atoms with Gasteiger partial charge in [-0.15, -0.1) is 0 Å². The molecule has 1 saturated heterocycles. The quantitative estimate of drug-likeness (QED) is 0.603. The van der Waals surface area contributed by atoms with Crippen LogP contribution in [0, 0.1) is 11.8 Å². The molecule has 158 valence electrons. The number of carboxylic acids is 1. The molecule has 1 aromatic heterocycles. The van der Waals surface area contributed by atoms with Crippen molar-refractivity contribution in [3.8, 4) is 11.8 Å². The van der Waals surface area contributed by atoms with Crippen LogP contribution in [0.4, 0.5) is 0 Å². The molecule has 0 bridgehead atoms. The lowest BCUT2D eigenvalue weighted by molar-refractivity contribution is -0.140. The van der Waals surface area contributed by atoms with Crippen LogP contribution in [0.3, 0.4) is 0 Å². The number of aliphatic carboxylic acids is 1. The van der Waals surface area contributed by atoms with Crippen LogP contribution >= 0.6 is 0 Å². The monoisotopic (exact) mass is 412 g/mol. The highest BCUT2D eigenvalue weighted by molar-refractivity contribution is 5.72. The van der Waals surface area contributed by atoms with Crippen molar-refractivity contribution < 1.29 is 9.90 Å². The minimum Gasteiger partial charge on any atom is -0.480 e. The SMILES string of the molecule is O=C(O)[C@H](Cc1ccc(C#CCN2CCC(c3ccccc3)CC2)cc1)n1cccc1. The molecule has 0 unspecified atom stereocenters. The summed E-state index contributed by atoms with van der Waals surface area (Å²) in [6.07, 6.45) is 6.41. The second-order valence-corrected chi connectivity index (χ2v) is 8.15. The molecule has 4 rings (SSSR count). The van der Waals surface area contributed by atoms with E-state index in [-0.39, 0.29) is 0 Å². The van der Waals surface area contributed by atoms with Gasteiger partial charge in [-0.25, -0.2) is 4.79 Å². The minimum atomic E-state index is -0.823. The molecule has 3 aromatic rings. The van der Waals surface area contributed by atoms with Crippen LogP contribution in [0.5, 0.6) is 0 Å². The van der Waals surface area contributed by atoms with Gasteiger partial charge in [0, 0.05) is 24.4 Å². The fraction of sp³-hybridized carbons (Fsp3) is 0.296. The molecule has 31 heavy (non-hydrogen) atoms. The Morgan fingerprint density at radius 2 is 1.65 bits per heavy atom. The van der Waals surface area contributed by atoms with E-state index < -0.39 is 12.0 Å². The zero-order chi connectivity index (χ0) is 21.5. The van der Waals surface area contributed by atoms with Gasteiger partial charge in [0.15, 0.2) is 0 Å². The Labute approximate surface area is 184 Å². The van der Waals surface area contributed by atoms with E-state index in [1.165, 1.54) is 18.4 Å². The molecule has 2 aromatic carbocycles. The van der Waals surface area contributed by atoms with Crippen molar-refractivity contribution in [2.75, 3.05) is 19.6 Å². The minimum absolute atomic E-state index is 0.452. The number of carboxylic acid groups (broad SMARTS) is 1. The van der Waals surface area contributed by atoms with Gasteiger partial charge >= 0.3 is 5.97 Å². The lowest BCUT2D eigenvalue weighted by Gasteiger charge is -2.30. The summed E-state index contributed by atoms with van der Waals surface area (Å²) in [6, 6.07) is 21.8. The maximum Gasteiger partial charge on any atom is 0.327 e. The van der Waals surface area contributed by atoms with Gasteiger partial charge in [0.25, 0.3) is 0 Å². The summed E-state index contributed by atoms with van der Waals surface area (Å²) in [6.45, 7) is 2.96. The molecule has 0 radical (unpaired) electrons. The number of carbonyl (C=O) groups is 1. The molecule has 1 N–H and O–H groups in total. The van der Waals surface area contributed by atoms with Crippen molar-refractivity contribution in [2.24, 2.45) is 0 Å². The second kappa shape index (κ2) is 10.1. The van der Waals surface area contributed by atoms with Crippen molar-refractivity contribution in [3.63, 3.8) is 0 Å². The third kappa shape index (κ3) is 5.65. The standard InChI is InChI=1S/C27H28N2O2/c30-27(31)26(29-17-4-5-18-29)21-23-12-10-22(11-13-23)7-6-16-28-19-14-25(15-20-28)24-8-2-1-3-9-24/h1-5,8-13,17-18,25-26H,14-16,19-21H2,(H,30,31)/t26-/m0/s1. The van der Waals surface area contributed by atoms with Crippen LogP contribution in [0.15, 0.2) is 79.1 Å². The number of benzene rings is 2. The molecule has 0 spiro atoms. The maximum atomic E-state index is 11.6. The van der Waals surface area contributed by atoms with Gasteiger partial charge in [0.05, 0.1) is 6.54 Å². The van der Waals surface area contributed by atoms with Crippen molar-refractivity contribution in [1.82, 2.24) is 9.47 Å². The summed E-state index contributed by atoms with van der Waals surface area (Å²) in [5.41, 5.74) is 3.42. The fourth-order valence-corrected chi connectivity index (χ4v) is 4.23. The number of hydrogen-bond donors (Lipinski definition) is 1. The Balaban J connectivity index is 1.28. The number of rotatable bonds is 6. The van der Waals surface area contributed by atoms with E-state index in [1.54, 1.807) is 17.0 Å². The Morgan fingerprint density at radius 1 is 0.968 bits per heavy atom. The van der Waals surface area contributed by atoms with Gasteiger partial charge in [-0.3, -0.25) is 4.90 Å². The molecule has 1 fully saturated rings. The smallest absolute Gasteiger partial charge is 0.327 e. The van der Waals surface area contributed by atoms with Gasteiger partial charge in [0.1, 0.15) is 6.04 Å². The first-order valence-corrected chi connectivity index (χ1v) is 10.9. The Hall–Kier alpha value is -3.29. The summed E-state index contributed by atoms with van der Waals surface area (Å²) in [5.74, 6) is 6.40. The predicted molar refractivity (Wildman–Crippen MR) is 123 cm³/mol. The number of aromatic nitrogens is 1. The Bertz CT molecular complexity index is 1020. The summed E-state index contributed by atoms with van der Waals surface area (Å²) in [7, 11) is 0. The van der Waals surface area contributed by atoms with Crippen LogP contribution in [-0.2, 0) is 11.2 Å². The van der Waals surface area contributed by atoms with E-state index in [4.69, 9.17) is 0 Å². The molecule has 2 heterocycles. The zero-order valence-electron chi connectivity index (χ0n) is 17.7. The summed E-state index contributed by atoms with van der Waals surface area (Å²) in [4.78, 5) is 14.0. The molecule has 1 aliphatic heterocycles. The lowest BCUT2D eigenvalue weighted by Crippen LogP contribution is -2.33. The zero-order valence-corrected chi connectivity index (χ0v) is 17.7. The molecule has 0 aliphatic carbocycles. The fourth-order valence-electron chi connectivity index (χ4n) is 4.23. The average molecular weight is 413 g/mol.